The number of hydrogen-bond acceptors (Lipinski definition) is 3. The molecule has 0 radical (unpaired) electrons. The van der Waals surface area contributed by atoms with Gasteiger partial charge in [0.25, 0.3) is 0 Å². The van der Waals surface area contributed by atoms with Gasteiger partial charge in [-0.15, -0.1) is 0 Å². The third-order valence-corrected chi connectivity index (χ3v) is 2.78. The molecule has 1 saturated heterocycles. The Morgan fingerprint density at radius 1 is 1.28 bits per heavy atom. The second-order valence-electron chi connectivity index (χ2n) is 5.65. The van der Waals surface area contributed by atoms with E-state index in [2.05, 4.69) is 12.1 Å². The first-order chi connectivity index (χ1) is 8.46. The van der Waals surface area contributed by atoms with Crippen LogP contribution in [-0.4, -0.2) is 23.8 Å². The average Bonchev–Trinajstić information content (AvgIpc) is 3.05. The molecule has 1 aromatic carbocycles. The summed E-state index contributed by atoms with van der Waals surface area (Å²) in [4.78, 5) is 11.7. The van der Waals surface area contributed by atoms with E-state index in [-0.39, 0.29) is 18.2 Å². The fourth-order valence-corrected chi connectivity index (χ4v) is 1.88. The quantitative estimate of drug-likeness (QED) is 0.607. The molecule has 0 aliphatic carbocycles. The van der Waals surface area contributed by atoms with Crippen molar-refractivity contribution in [2.45, 2.75) is 51.4 Å². The van der Waals surface area contributed by atoms with Crippen LogP contribution in [0, 0.1) is 0 Å². The van der Waals surface area contributed by atoms with Crippen molar-refractivity contribution in [3.8, 4) is 0 Å². The maximum absolute atomic E-state index is 11.7. The molecule has 2 atom stereocenters. The van der Waals surface area contributed by atoms with E-state index in [1.807, 2.05) is 39.0 Å². The van der Waals surface area contributed by atoms with Crippen LogP contribution >= 0.6 is 0 Å². The molecule has 0 bridgehead atoms. The van der Waals surface area contributed by atoms with Gasteiger partial charge in [-0.25, -0.2) is 4.79 Å². The molecule has 0 spiro atoms. The summed E-state index contributed by atoms with van der Waals surface area (Å²) in [6.45, 7) is 5.60. The number of benzene rings is 1. The van der Waals surface area contributed by atoms with Crippen LogP contribution in [0.2, 0.25) is 0 Å². The van der Waals surface area contributed by atoms with Gasteiger partial charge < -0.3 is 9.47 Å². The molecule has 1 fully saturated rings. The maximum atomic E-state index is 11.7. The molecule has 2 rings (SSSR count). The molecule has 1 aliphatic heterocycles. The van der Waals surface area contributed by atoms with Crippen LogP contribution in [0.3, 0.4) is 0 Å². The summed E-state index contributed by atoms with van der Waals surface area (Å²) in [5.41, 5.74) is 0.837. The Labute approximate surface area is 108 Å². The van der Waals surface area contributed by atoms with Crippen molar-refractivity contribution in [1.82, 2.24) is 0 Å². The van der Waals surface area contributed by atoms with Crippen molar-refractivity contribution in [3.05, 3.63) is 35.9 Å². The van der Waals surface area contributed by atoms with Crippen LogP contribution in [0.1, 0.15) is 32.8 Å². The highest BCUT2D eigenvalue weighted by atomic mass is 16.6. The minimum absolute atomic E-state index is 0.0278. The normalized spacial score (nSPS) is 22.6. The monoisotopic (exact) mass is 248 g/mol. The van der Waals surface area contributed by atoms with Crippen LogP contribution in [0.5, 0.6) is 0 Å². The van der Waals surface area contributed by atoms with E-state index < -0.39 is 5.60 Å². The summed E-state index contributed by atoms with van der Waals surface area (Å²) in [5, 5.41) is 0. The van der Waals surface area contributed by atoms with Crippen molar-refractivity contribution in [2.24, 2.45) is 0 Å². The maximum Gasteiger partial charge on any atom is 0.338 e. The molecular formula is C15H20O3. The topological polar surface area (TPSA) is 38.8 Å². The number of esters is 1. The lowest BCUT2D eigenvalue weighted by atomic mass is 10.1. The molecule has 0 aromatic heterocycles. The van der Waals surface area contributed by atoms with Crippen molar-refractivity contribution < 1.29 is 14.3 Å². The van der Waals surface area contributed by atoms with Crippen LogP contribution in [0.15, 0.2) is 30.3 Å². The van der Waals surface area contributed by atoms with Crippen LogP contribution in [0.25, 0.3) is 0 Å². The van der Waals surface area contributed by atoms with Gasteiger partial charge in [0, 0.05) is 0 Å². The third kappa shape index (κ3) is 3.84. The highest BCUT2D eigenvalue weighted by Gasteiger charge is 2.46. The predicted molar refractivity (Wildman–Crippen MR) is 69.3 cm³/mol. The molecule has 1 heterocycles. The largest absolute Gasteiger partial charge is 0.458 e. The van der Waals surface area contributed by atoms with E-state index in [9.17, 15) is 4.79 Å². The zero-order valence-corrected chi connectivity index (χ0v) is 11.2. The lowest BCUT2D eigenvalue weighted by molar-refractivity contribution is -0.156. The molecule has 1 aromatic rings. The minimum Gasteiger partial charge on any atom is -0.458 e. The van der Waals surface area contributed by atoms with Crippen molar-refractivity contribution >= 4 is 5.97 Å². The zero-order chi connectivity index (χ0) is 13.2. The van der Waals surface area contributed by atoms with E-state index in [1.54, 1.807) is 0 Å². The molecule has 3 heteroatoms. The highest BCUT2D eigenvalue weighted by molar-refractivity contribution is 5.78. The second kappa shape index (κ2) is 5.11. The number of epoxide rings is 1. The number of carbonyl (C=O) groups excluding carboxylic acids is 1. The first kappa shape index (κ1) is 13.1. The Hall–Kier alpha value is -1.35. The molecule has 1 aliphatic rings. The molecule has 0 N–H and O–H groups in total. The molecular weight excluding hydrogens is 228 g/mol. The number of aryl methyl sites for hydroxylation is 1. The first-order valence-electron chi connectivity index (χ1n) is 6.38. The Morgan fingerprint density at radius 3 is 2.56 bits per heavy atom. The standard InChI is InChI=1S/C15H20O3/c1-15(2,3)18-14(16)13-12(17-13)10-9-11-7-5-4-6-8-11/h4-8,12-13H,9-10H2,1-3H3/t12-,13+/m0/s1. The van der Waals surface area contributed by atoms with E-state index >= 15 is 0 Å². The van der Waals surface area contributed by atoms with Crippen molar-refractivity contribution in [3.63, 3.8) is 0 Å². The Kier molecular flexibility index (Phi) is 3.71. The van der Waals surface area contributed by atoms with Gasteiger partial charge >= 0.3 is 5.97 Å². The molecule has 3 nitrogen and oxygen atoms in total. The summed E-state index contributed by atoms with van der Waals surface area (Å²) in [7, 11) is 0. The smallest absolute Gasteiger partial charge is 0.338 e. The fourth-order valence-electron chi connectivity index (χ4n) is 1.88. The highest BCUT2D eigenvalue weighted by Crippen LogP contribution is 2.29. The molecule has 98 valence electrons. The van der Waals surface area contributed by atoms with Crippen LogP contribution in [0.4, 0.5) is 0 Å². The first-order valence-corrected chi connectivity index (χ1v) is 6.38. The molecule has 0 amide bonds. The van der Waals surface area contributed by atoms with E-state index in [4.69, 9.17) is 9.47 Å². The zero-order valence-electron chi connectivity index (χ0n) is 11.2. The van der Waals surface area contributed by atoms with E-state index in [0.29, 0.717) is 0 Å². The summed E-state index contributed by atoms with van der Waals surface area (Å²) < 4.78 is 10.7. The average molecular weight is 248 g/mol. The number of ether oxygens (including phenoxy) is 2. The van der Waals surface area contributed by atoms with Gasteiger partial charge in [0.15, 0.2) is 6.10 Å². The third-order valence-electron chi connectivity index (χ3n) is 2.78. The Balaban J connectivity index is 1.74. The second-order valence-corrected chi connectivity index (χ2v) is 5.65. The molecule has 18 heavy (non-hydrogen) atoms. The van der Waals surface area contributed by atoms with Gasteiger partial charge in [0.1, 0.15) is 5.60 Å². The summed E-state index contributed by atoms with van der Waals surface area (Å²) in [5.74, 6) is -0.236. The number of rotatable bonds is 4. The molecule has 0 saturated carbocycles. The van der Waals surface area contributed by atoms with Crippen molar-refractivity contribution in [1.29, 1.82) is 0 Å². The SMILES string of the molecule is CC(C)(C)OC(=O)[C@@H]1O[C@H]1CCc1ccccc1. The van der Waals surface area contributed by atoms with Gasteiger partial charge in [0.2, 0.25) is 0 Å². The van der Waals surface area contributed by atoms with Crippen LogP contribution in [-0.2, 0) is 20.7 Å². The van der Waals surface area contributed by atoms with Gasteiger partial charge in [-0.3, -0.25) is 0 Å². The number of hydrogen-bond donors (Lipinski definition) is 0. The summed E-state index contributed by atoms with van der Waals surface area (Å²) in [6, 6.07) is 10.2. The fraction of sp³-hybridized carbons (Fsp3) is 0.533. The van der Waals surface area contributed by atoms with Gasteiger partial charge in [-0.05, 0) is 39.2 Å². The minimum atomic E-state index is -0.437. The predicted octanol–water partition coefficient (Wildman–Crippen LogP) is 2.73. The van der Waals surface area contributed by atoms with E-state index in [0.717, 1.165) is 12.8 Å². The van der Waals surface area contributed by atoms with Gasteiger partial charge in [-0.2, -0.15) is 0 Å². The lowest BCUT2D eigenvalue weighted by Crippen LogP contribution is -2.27. The summed E-state index contributed by atoms with van der Waals surface area (Å²) in [6.07, 6.45) is 1.48. The van der Waals surface area contributed by atoms with E-state index in [1.165, 1.54) is 5.56 Å². The Morgan fingerprint density at radius 2 is 1.94 bits per heavy atom. The molecule has 0 unspecified atom stereocenters. The van der Waals surface area contributed by atoms with Crippen molar-refractivity contribution in [2.75, 3.05) is 0 Å². The lowest BCUT2D eigenvalue weighted by Gasteiger charge is -2.18. The van der Waals surface area contributed by atoms with Gasteiger partial charge in [-0.1, -0.05) is 30.3 Å². The van der Waals surface area contributed by atoms with Crippen LogP contribution < -0.4 is 0 Å². The van der Waals surface area contributed by atoms with Gasteiger partial charge in [0.05, 0.1) is 6.10 Å². The summed E-state index contributed by atoms with van der Waals surface area (Å²) >= 11 is 0. The number of carbonyl (C=O) groups is 1. The Bertz CT molecular complexity index is 405.